The molecule has 0 aliphatic carbocycles. The number of rotatable bonds is 4. The van der Waals surface area contributed by atoms with Gasteiger partial charge in [-0.05, 0) is 44.5 Å². The summed E-state index contributed by atoms with van der Waals surface area (Å²) < 4.78 is 4.89. The average molecular weight is 282 g/mol. The largest absolute Gasteiger partial charge is 0.461 e. The van der Waals surface area contributed by atoms with E-state index in [1.807, 2.05) is 0 Å². The highest BCUT2D eigenvalue weighted by atomic mass is 35.5. The number of halogens is 1. The lowest BCUT2D eigenvalue weighted by Gasteiger charge is -2.11. The molecule has 1 aromatic rings. The second-order valence-electron chi connectivity index (χ2n) is 4.06. The molecular formula is C14H16ClNO3. The Balaban J connectivity index is 2.90. The molecule has 0 heterocycles. The van der Waals surface area contributed by atoms with E-state index < -0.39 is 11.9 Å². The van der Waals surface area contributed by atoms with Gasteiger partial charge in [0.05, 0.1) is 6.61 Å². The van der Waals surface area contributed by atoms with Crippen molar-refractivity contribution in [1.82, 2.24) is 5.32 Å². The van der Waals surface area contributed by atoms with Crippen LogP contribution in [0.15, 0.2) is 35.5 Å². The Morgan fingerprint density at radius 3 is 2.53 bits per heavy atom. The average Bonchev–Trinajstić information content (AvgIpc) is 2.35. The minimum Gasteiger partial charge on any atom is -0.461 e. The number of ether oxygens (including phenoxy) is 1. The van der Waals surface area contributed by atoms with Crippen molar-refractivity contribution in [2.45, 2.75) is 20.8 Å². The summed E-state index contributed by atoms with van der Waals surface area (Å²) in [5.74, 6) is -0.940. The fourth-order valence-corrected chi connectivity index (χ4v) is 1.59. The molecule has 0 saturated heterocycles. The summed E-state index contributed by atoms with van der Waals surface area (Å²) in [5, 5.41) is 3.01. The molecule has 1 N–H and O–H groups in total. The number of esters is 1. The van der Waals surface area contributed by atoms with E-state index in [2.05, 4.69) is 5.32 Å². The summed E-state index contributed by atoms with van der Waals surface area (Å²) in [6, 6.07) is 6.49. The zero-order valence-corrected chi connectivity index (χ0v) is 11.9. The molecule has 19 heavy (non-hydrogen) atoms. The van der Waals surface area contributed by atoms with E-state index in [-0.39, 0.29) is 12.3 Å². The first-order chi connectivity index (χ1) is 8.95. The molecule has 0 spiro atoms. The number of carbonyl (C=O) groups is 2. The summed E-state index contributed by atoms with van der Waals surface area (Å²) in [5.41, 5.74) is 1.22. The maximum atomic E-state index is 12.0. The SMILES string of the molecule is CCOC(=O)C(NC(=O)c1cccc(Cl)c1)=C(C)C. The normalized spacial score (nSPS) is 9.68. The summed E-state index contributed by atoms with van der Waals surface area (Å²) in [6.07, 6.45) is 0. The van der Waals surface area contributed by atoms with Crippen LogP contribution in [0, 0.1) is 0 Å². The highest BCUT2D eigenvalue weighted by Crippen LogP contribution is 2.12. The van der Waals surface area contributed by atoms with E-state index in [0.717, 1.165) is 0 Å². The van der Waals surface area contributed by atoms with Crippen LogP contribution in [-0.4, -0.2) is 18.5 Å². The first-order valence-corrected chi connectivity index (χ1v) is 6.25. The van der Waals surface area contributed by atoms with Crippen LogP contribution in [0.4, 0.5) is 0 Å². The standard InChI is InChI=1S/C14H16ClNO3/c1-4-19-14(18)12(9(2)3)16-13(17)10-6-5-7-11(15)8-10/h5-8H,4H2,1-3H3,(H,16,17). The highest BCUT2D eigenvalue weighted by molar-refractivity contribution is 6.31. The van der Waals surface area contributed by atoms with Gasteiger partial charge in [-0.1, -0.05) is 17.7 Å². The van der Waals surface area contributed by atoms with Crippen LogP contribution in [0.25, 0.3) is 0 Å². The maximum Gasteiger partial charge on any atom is 0.354 e. The fraction of sp³-hybridized carbons (Fsp3) is 0.286. The maximum absolute atomic E-state index is 12.0. The van der Waals surface area contributed by atoms with E-state index in [4.69, 9.17) is 16.3 Å². The van der Waals surface area contributed by atoms with Crippen LogP contribution in [0.1, 0.15) is 31.1 Å². The number of allylic oxidation sites excluding steroid dienone is 1. The lowest BCUT2D eigenvalue weighted by molar-refractivity contribution is -0.138. The van der Waals surface area contributed by atoms with Crippen LogP contribution < -0.4 is 5.32 Å². The number of nitrogens with one attached hydrogen (secondary N) is 1. The molecule has 0 atom stereocenters. The van der Waals surface area contributed by atoms with Gasteiger partial charge < -0.3 is 10.1 Å². The van der Waals surface area contributed by atoms with Crippen molar-refractivity contribution in [3.8, 4) is 0 Å². The minimum atomic E-state index is -0.544. The van der Waals surface area contributed by atoms with Gasteiger partial charge in [-0.15, -0.1) is 0 Å². The lowest BCUT2D eigenvalue weighted by atomic mass is 10.2. The quantitative estimate of drug-likeness (QED) is 0.682. The molecule has 1 aromatic carbocycles. The van der Waals surface area contributed by atoms with Crippen LogP contribution in [0.5, 0.6) is 0 Å². The highest BCUT2D eigenvalue weighted by Gasteiger charge is 2.16. The van der Waals surface area contributed by atoms with E-state index in [1.165, 1.54) is 6.07 Å². The molecule has 0 unspecified atom stereocenters. The smallest absolute Gasteiger partial charge is 0.354 e. The Morgan fingerprint density at radius 2 is 2.00 bits per heavy atom. The molecule has 0 aliphatic rings. The molecular weight excluding hydrogens is 266 g/mol. The van der Waals surface area contributed by atoms with Crippen LogP contribution >= 0.6 is 11.6 Å². The molecule has 0 radical (unpaired) electrons. The Hall–Kier alpha value is -1.81. The first-order valence-electron chi connectivity index (χ1n) is 5.87. The van der Waals surface area contributed by atoms with Crippen molar-refractivity contribution < 1.29 is 14.3 Å². The van der Waals surface area contributed by atoms with Crippen molar-refractivity contribution in [1.29, 1.82) is 0 Å². The third-order valence-electron chi connectivity index (χ3n) is 2.30. The van der Waals surface area contributed by atoms with Gasteiger partial charge in [0.2, 0.25) is 0 Å². The zero-order chi connectivity index (χ0) is 14.4. The number of amides is 1. The Bertz CT molecular complexity index is 519. The molecule has 5 heteroatoms. The van der Waals surface area contributed by atoms with Gasteiger partial charge in [0.25, 0.3) is 5.91 Å². The van der Waals surface area contributed by atoms with Crippen molar-refractivity contribution in [3.63, 3.8) is 0 Å². The number of hydrogen-bond acceptors (Lipinski definition) is 3. The molecule has 1 rings (SSSR count). The monoisotopic (exact) mass is 281 g/mol. The van der Waals surface area contributed by atoms with E-state index in [1.54, 1.807) is 39.0 Å². The van der Waals surface area contributed by atoms with Gasteiger partial charge >= 0.3 is 5.97 Å². The lowest BCUT2D eigenvalue weighted by Crippen LogP contribution is -2.29. The van der Waals surface area contributed by atoms with Crippen LogP contribution in [0.3, 0.4) is 0 Å². The summed E-state index contributed by atoms with van der Waals surface area (Å²) in [4.78, 5) is 23.7. The van der Waals surface area contributed by atoms with Crippen molar-refractivity contribution in [2.24, 2.45) is 0 Å². The Labute approximate surface area is 117 Å². The van der Waals surface area contributed by atoms with Crippen molar-refractivity contribution >= 4 is 23.5 Å². The number of carbonyl (C=O) groups excluding carboxylic acids is 2. The summed E-state index contributed by atoms with van der Waals surface area (Å²) in [6.45, 7) is 5.41. The first kappa shape index (κ1) is 15.2. The third-order valence-corrected chi connectivity index (χ3v) is 2.54. The molecule has 4 nitrogen and oxygen atoms in total. The van der Waals surface area contributed by atoms with Crippen LogP contribution in [0.2, 0.25) is 5.02 Å². The van der Waals surface area contributed by atoms with E-state index in [9.17, 15) is 9.59 Å². The third kappa shape index (κ3) is 4.41. The molecule has 0 bridgehead atoms. The van der Waals surface area contributed by atoms with Gasteiger partial charge in [-0.2, -0.15) is 0 Å². The predicted molar refractivity (Wildman–Crippen MR) is 73.9 cm³/mol. The molecule has 0 saturated carbocycles. The predicted octanol–water partition coefficient (Wildman–Crippen LogP) is 2.93. The Morgan fingerprint density at radius 1 is 1.32 bits per heavy atom. The van der Waals surface area contributed by atoms with E-state index >= 15 is 0 Å². The Kier molecular flexibility index (Phi) is 5.57. The summed E-state index contributed by atoms with van der Waals surface area (Å²) in [7, 11) is 0. The van der Waals surface area contributed by atoms with Gasteiger partial charge in [0.15, 0.2) is 0 Å². The zero-order valence-electron chi connectivity index (χ0n) is 11.1. The fourth-order valence-electron chi connectivity index (χ4n) is 1.40. The van der Waals surface area contributed by atoms with Crippen LogP contribution in [-0.2, 0) is 9.53 Å². The molecule has 0 fully saturated rings. The van der Waals surface area contributed by atoms with Gasteiger partial charge in [0, 0.05) is 10.6 Å². The topological polar surface area (TPSA) is 55.4 Å². The minimum absolute atomic E-state index is 0.159. The van der Waals surface area contributed by atoms with E-state index in [0.29, 0.717) is 16.2 Å². The van der Waals surface area contributed by atoms with Crippen molar-refractivity contribution in [3.05, 3.63) is 46.1 Å². The molecule has 102 valence electrons. The van der Waals surface area contributed by atoms with Gasteiger partial charge in [-0.25, -0.2) is 4.79 Å². The van der Waals surface area contributed by atoms with Crippen molar-refractivity contribution in [2.75, 3.05) is 6.61 Å². The molecule has 0 aliphatic heterocycles. The molecule has 0 aromatic heterocycles. The second kappa shape index (κ2) is 6.95. The number of hydrogen-bond donors (Lipinski definition) is 1. The summed E-state index contributed by atoms with van der Waals surface area (Å²) >= 11 is 5.82. The number of benzene rings is 1. The van der Waals surface area contributed by atoms with Gasteiger partial charge in [-0.3, -0.25) is 4.79 Å². The van der Waals surface area contributed by atoms with Gasteiger partial charge in [0.1, 0.15) is 5.70 Å². The second-order valence-corrected chi connectivity index (χ2v) is 4.50. The molecule has 1 amide bonds.